The van der Waals surface area contributed by atoms with Crippen molar-refractivity contribution >= 4 is 5.97 Å². The van der Waals surface area contributed by atoms with Crippen molar-refractivity contribution in [2.75, 3.05) is 6.61 Å². The van der Waals surface area contributed by atoms with E-state index < -0.39 is 48.0 Å². The van der Waals surface area contributed by atoms with E-state index in [2.05, 4.69) is 11.3 Å². The molecule has 13 heteroatoms. The molecule has 0 fully saturated rings. The third kappa shape index (κ3) is 3.52. The van der Waals surface area contributed by atoms with Crippen LogP contribution in [-0.2, 0) is 9.53 Å². The van der Waals surface area contributed by atoms with Crippen molar-refractivity contribution < 1.29 is 57.8 Å². The smallest absolute Gasteiger partial charge is 0.438 e. The Kier molecular flexibility index (Phi) is 5.42. The minimum absolute atomic E-state index is 0.665. The maximum atomic E-state index is 13.1. The number of rotatable bonds is 5. The van der Waals surface area contributed by atoms with Gasteiger partial charge < -0.3 is 4.74 Å². The van der Waals surface area contributed by atoms with Gasteiger partial charge >= 0.3 is 35.8 Å². The van der Waals surface area contributed by atoms with Gasteiger partial charge in [0, 0.05) is 5.57 Å². The van der Waals surface area contributed by atoms with Crippen molar-refractivity contribution in [3.63, 3.8) is 0 Å². The molecule has 0 spiro atoms. The summed E-state index contributed by atoms with van der Waals surface area (Å²) in [6.07, 6.45) is -14.8. The predicted octanol–water partition coefficient (Wildman–Crippen LogP) is 4.21. The Balaban J connectivity index is 5.88. The maximum Gasteiger partial charge on any atom is 0.438 e. The topological polar surface area (TPSA) is 26.3 Å². The summed E-state index contributed by atoms with van der Waals surface area (Å²) in [5, 5.41) is 0. The highest BCUT2D eigenvalue weighted by Crippen LogP contribution is 2.59. The molecular weight excluding hydrogens is 361 g/mol. The first-order valence-electron chi connectivity index (χ1n) is 5.23. The van der Waals surface area contributed by atoms with E-state index in [1.54, 1.807) is 0 Å². The van der Waals surface area contributed by atoms with E-state index in [-0.39, 0.29) is 0 Å². The molecule has 0 bridgehead atoms. The van der Waals surface area contributed by atoms with Crippen LogP contribution in [0.5, 0.6) is 0 Å². The second kappa shape index (κ2) is 5.82. The fourth-order valence-corrected chi connectivity index (χ4v) is 1.14. The molecule has 0 aromatic rings. The van der Waals surface area contributed by atoms with Gasteiger partial charge in [-0.1, -0.05) is 6.58 Å². The van der Waals surface area contributed by atoms with E-state index in [0.29, 0.717) is 0 Å². The number of ether oxygens (including phenoxy) is 1. The number of hydrogen-bond donors (Lipinski definition) is 0. The summed E-state index contributed by atoms with van der Waals surface area (Å²) in [5.41, 5.74) is -8.23. The fourth-order valence-electron chi connectivity index (χ4n) is 1.14. The van der Waals surface area contributed by atoms with Crippen molar-refractivity contribution in [2.24, 2.45) is 0 Å². The molecule has 0 aromatic carbocycles. The van der Waals surface area contributed by atoms with Crippen LogP contribution in [0.25, 0.3) is 0 Å². The molecular formula is C10H7F11O2. The van der Waals surface area contributed by atoms with Crippen LogP contribution >= 0.6 is 0 Å². The van der Waals surface area contributed by atoms with Crippen LogP contribution in [0.1, 0.15) is 6.92 Å². The second-order valence-electron chi connectivity index (χ2n) is 4.29. The molecule has 0 unspecified atom stereocenters. The number of carbonyl (C=O) groups is 1. The molecule has 0 N–H and O–H groups in total. The van der Waals surface area contributed by atoms with Crippen molar-refractivity contribution in [1.29, 1.82) is 0 Å². The van der Waals surface area contributed by atoms with Crippen LogP contribution in [-0.4, -0.2) is 42.4 Å². The summed E-state index contributed by atoms with van der Waals surface area (Å²) in [6, 6.07) is 0. The van der Waals surface area contributed by atoms with Crippen LogP contribution in [0.15, 0.2) is 12.2 Å². The van der Waals surface area contributed by atoms with Crippen LogP contribution in [0.2, 0.25) is 0 Å². The minimum Gasteiger partial charge on any atom is -0.456 e. The first-order valence-corrected chi connectivity index (χ1v) is 5.23. The summed E-state index contributed by atoms with van der Waals surface area (Å²) in [4.78, 5) is 10.7. The van der Waals surface area contributed by atoms with Crippen LogP contribution in [0.4, 0.5) is 48.3 Å². The van der Waals surface area contributed by atoms with E-state index >= 15 is 0 Å². The van der Waals surface area contributed by atoms with Gasteiger partial charge in [-0.2, -0.15) is 43.9 Å². The molecule has 136 valence electrons. The van der Waals surface area contributed by atoms with Gasteiger partial charge in [0.25, 0.3) is 0 Å². The molecule has 0 aliphatic heterocycles. The molecule has 0 radical (unpaired) electrons. The Labute approximate surface area is 120 Å². The van der Waals surface area contributed by atoms with E-state index in [9.17, 15) is 53.1 Å². The molecule has 0 amide bonds. The number of alkyl halides is 11. The largest absolute Gasteiger partial charge is 0.456 e. The minimum atomic E-state index is -7.56. The van der Waals surface area contributed by atoms with Gasteiger partial charge in [-0.25, -0.2) is 9.18 Å². The summed E-state index contributed by atoms with van der Waals surface area (Å²) >= 11 is 0. The van der Waals surface area contributed by atoms with E-state index in [4.69, 9.17) is 0 Å². The maximum absolute atomic E-state index is 13.1. The first kappa shape index (κ1) is 21.4. The average molecular weight is 368 g/mol. The van der Waals surface area contributed by atoms with Gasteiger partial charge in [-0.05, 0) is 6.92 Å². The third-order valence-corrected chi connectivity index (χ3v) is 2.41. The molecule has 2 nitrogen and oxygen atoms in total. The van der Waals surface area contributed by atoms with E-state index in [1.165, 1.54) is 0 Å². The molecule has 0 aliphatic rings. The van der Waals surface area contributed by atoms with Crippen molar-refractivity contribution in [3.05, 3.63) is 12.2 Å². The quantitative estimate of drug-likeness (QED) is 0.413. The lowest BCUT2D eigenvalue weighted by Crippen LogP contribution is -2.70. The van der Waals surface area contributed by atoms with Crippen molar-refractivity contribution in [3.8, 4) is 0 Å². The van der Waals surface area contributed by atoms with Gasteiger partial charge in [-0.15, -0.1) is 0 Å². The Morgan fingerprint density at radius 2 is 1.22 bits per heavy atom. The lowest BCUT2D eigenvalue weighted by Gasteiger charge is -2.39. The third-order valence-electron chi connectivity index (χ3n) is 2.41. The van der Waals surface area contributed by atoms with Crippen molar-refractivity contribution in [2.45, 2.75) is 36.8 Å². The lowest BCUT2D eigenvalue weighted by molar-refractivity contribution is -0.428. The van der Waals surface area contributed by atoms with Crippen LogP contribution < -0.4 is 0 Å². The summed E-state index contributed by atoms with van der Waals surface area (Å²) in [5.74, 6) is -15.4. The fraction of sp³-hybridized carbons (Fsp3) is 0.700. The Hall–Kier alpha value is -1.56. The molecule has 0 rings (SSSR count). The molecule has 0 aliphatic carbocycles. The normalized spacial score (nSPS) is 14.6. The first-order chi connectivity index (χ1) is 9.83. The molecule has 0 heterocycles. The van der Waals surface area contributed by atoms with Gasteiger partial charge in [0.1, 0.15) is 0 Å². The summed E-state index contributed by atoms with van der Waals surface area (Å²) < 4.78 is 142. The number of carbonyl (C=O) groups excluding carboxylic acids is 1. The summed E-state index contributed by atoms with van der Waals surface area (Å²) in [7, 11) is 0. The van der Waals surface area contributed by atoms with Crippen LogP contribution in [0, 0.1) is 0 Å². The average Bonchev–Trinajstić information content (AvgIpc) is 2.31. The molecule has 23 heavy (non-hydrogen) atoms. The summed E-state index contributed by atoms with van der Waals surface area (Å²) in [6.45, 7) is 0.700. The van der Waals surface area contributed by atoms with Gasteiger partial charge in [0.2, 0.25) is 0 Å². The number of hydrogen-bond acceptors (Lipinski definition) is 2. The zero-order valence-corrected chi connectivity index (χ0v) is 10.9. The van der Waals surface area contributed by atoms with E-state index in [1.807, 2.05) is 0 Å². The second-order valence-corrected chi connectivity index (χ2v) is 4.29. The van der Waals surface area contributed by atoms with Gasteiger partial charge in [0.05, 0.1) is 0 Å². The SMILES string of the molecule is C=C(C)C(=O)OCC(F)(F)C(F)(F)C(F)(C(F)(F)F)C(F)(F)F. The Morgan fingerprint density at radius 3 is 1.48 bits per heavy atom. The highest BCUT2D eigenvalue weighted by molar-refractivity contribution is 5.86. The lowest BCUT2D eigenvalue weighted by atomic mass is 9.91. The standard InChI is InChI=1S/C10H7F11O2/c1-4(2)5(22)23-3-6(11,12)8(14,15)7(13,9(16,17)18)10(19,20)21/h1,3H2,2H3. The molecule has 0 saturated heterocycles. The van der Waals surface area contributed by atoms with Gasteiger partial charge in [-0.3, -0.25) is 0 Å². The zero-order valence-electron chi connectivity index (χ0n) is 10.9. The molecule has 0 aromatic heterocycles. The number of esters is 1. The predicted molar refractivity (Wildman–Crippen MR) is 51.6 cm³/mol. The van der Waals surface area contributed by atoms with Gasteiger partial charge in [0.15, 0.2) is 6.61 Å². The molecule has 0 saturated carbocycles. The van der Waals surface area contributed by atoms with Crippen molar-refractivity contribution in [1.82, 2.24) is 0 Å². The number of halogens is 11. The van der Waals surface area contributed by atoms with E-state index in [0.717, 1.165) is 6.92 Å². The highest BCUT2D eigenvalue weighted by Gasteiger charge is 2.90. The van der Waals surface area contributed by atoms with Crippen LogP contribution in [0.3, 0.4) is 0 Å². The Bertz CT molecular complexity index is 460. The zero-order chi connectivity index (χ0) is 19.1. The Morgan fingerprint density at radius 1 is 0.870 bits per heavy atom. The monoisotopic (exact) mass is 368 g/mol. The molecule has 0 atom stereocenters. The highest BCUT2D eigenvalue weighted by atomic mass is 19.4.